The molecule has 1 aromatic heterocycles. The number of nitrogens with zero attached hydrogens (tertiary/aromatic N) is 4. The van der Waals surface area contributed by atoms with Crippen LogP contribution in [-0.2, 0) is 11.3 Å². The smallest absolute Gasteiger partial charge is 0.226 e. The first-order valence-electron chi connectivity index (χ1n) is 10.4. The quantitative estimate of drug-likeness (QED) is 0.811. The number of hydrogen-bond donors (Lipinski definition) is 0. The first-order valence-corrected chi connectivity index (χ1v) is 10.4. The molecule has 3 aliphatic heterocycles. The average Bonchev–Trinajstić information content (AvgIpc) is 3.36. The normalized spacial score (nSPS) is 27.9. The first-order chi connectivity index (χ1) is 12.8. The molecule has 3 saturated heterocycles. The predicted octanol–water partition coefficient (Wildman–Crippen LogP) is 2.24. The Morgan fingerprint density at radius 1 is 0.962 bits per heavy atom. The molecular weight excluding hydrogens is 324 g/mol. The monoisotopic (exact) mass is 356 g/mol. The largest absolute Gasteiger partial charge is 0.342 e. The molecule has 142 valence electrons. The minimum absolute atomic E-state index is 0.177. The maximum atomic E-state index is 13.1. The van der Waals surface area contributed by atoms with Crippen molar-refractivity contribution in [3.05, 3.63) is 30.1 Å². The summed E-state index contributed by atoms with van der Waals surface area (Å²) in [5.41, 5.74) is 1.30. The van der Waals surface area contributed by atoms with Gasteiger partial charge in [0.2, 0.25) is 5.91 Å². The molecule has 0 aromatic carbocycles. The molecule has 0 bridgehead atoms. The lowest BCUT2D eigenvalue weighted by atomic mass is 9.87. The van der Waals surface area contributed by atoms with Crippen molar-refractivity contribution < 1.29 is 4.79 Å². The Kier molecular flexibility index (Phi) is 5.85. The number of likely N-dealkylation sites (tertiary alicyclic amines) is 3. The van der Waals surface area contributed by atoms with E-state index in [0.717, 1.165) is 45.7 Å². The predicted molar refractivity (Wildman–Crippen MR) is 103 cm³/mol. The second-order valence-corrected chi connectivity index (χ2v) is 8.39. The van der Waals surface area contributed by atoms with Gasteiger partial charge in [-0.05, 0) is 68.8 Å². The molecule has 3 aliphatic rings. The van der Waals surface area contributed by atoms with Gasteiger partial charge in [0.15, 0.2) is 0 Å². The lowest BCUT2D eigenvalue weighted by Gasteiger charge is -2.39. The number of amides is 1. The van der Waals surface area contributed by atoms with Crippen LogP contribution in [0.5, 0.6) is 0 Å². The molecule has 5 heteroatoms. The summed E-state index contributed by atoms with van der Waals surface area (Å²) in [5, 5.41) is 0. The van der Waals surface area contributed by atoms with Crippen molar-refractivity contribution in [2.75, 3.05) is 45.8 Å². The summed E-state index contributed by atoms with van der Waals surface area (Å²) in [5.74, 6) is 1.20. The van der Waals surface area contributed by atoms with Gasteiger partial charge in [0.1, 0.15) is 0 Å². The molecule has 26 heavy (non-hydrogen) atoms. The summed E-state index contributed by atoms with van der Waals surface area (Å²) in [6.45, 7) is 8.54. The Bertz CT molecular complexity index is 581. The third-order valence-corrected chi connectivity index (χ3v) is 6.25. The van der Waals surface area contributed by atoms with Gasteiger partial charge in [-0.3, -0.25) is 14.7 Å². The van der Waals surface area contributed by atoms with Crippen molar-refractivity contribution >= 4 is 5.91 Å². The van der Waals surface area contributed by atoms with Crippen molar-refractivity contribution in [2.45, 2.75) is 38.6 Å². The van der Waals surface area contributed by atoms with E-state index in [1.807, 2.05) is 12.4 Å². The fraction of sp³-hybridized carbons (Fsp3) is 0.714. The molecule has 0 N–H and O–H groups in total. The van der Waals surface area contributed by atoms with Gasteiger partial charge in [-0.15, -0.1) is 0 Å². The highest BCUT2D eigenvalue weighted by Crippen LogP contribution is 2.28. The molecule has 0 unspecified atom stereocenters. The number of carbonyl (C=O) groups excluding carboxylic acids is 1. The van der Waals surface area contributed by atoms with Crippen molar-refractivity contribution in [3.63, 3.8) is 0 Å². The maximum Gasteiger partial charge on any atom is 0.226 e. The standard InChI is InChI=1S/C21H32N4O/c26-21(25-11-3-4-12-25)20-13-19(15-23-9-1-2-10-23)16-24(17-20)14-18-5-7-22-8-6-18/h5-8,19-20H,1-4,9-17H2/t19-,20-/m1/s1. The van der Waals surface area contributed by atoms with Gasteiger partial charge in [-0.1, -0.05) is 0 Å². The highest BCUT2D eigenvalue weighted by Gasteiger charge is 2.35. The zero-order valence-electron chi connectivity index (χ0n) is 15.9. The molecule has 0 aliphatic carbocycles. The van der Waals surface area contributed by atoms with E-state index in [4.69, 9.17) is 0 Å². The molecular formula is C21H32N4O. The van der Waals surface area contributed by atoms with Crippen LogP contribution in [0.25, 0.3) is 0 Å². The molecule has 1 amide bonds. The summed E-state index contributed by atoms with van der Waals surface area (Å²) in [6, 6.07) is 4.20. The zero-order chi connectivity index (χ0) is 17.8. The number of pyridine rings is 1. The first kappa shape index (κ1) is 17.9. The fourth-order valence-corrected chi connectivity index (χ4v) is 5.02. The molecule has 5 nitrogen and oxygen atoms in total. The Morgan fingerprint density at radius 3 is 2.38 bits per heavy atom. The van der Waals surface area contributed by atoms with E-state index in [2.05, 4.69) is 31.8 Å². The average molecular weight is 357 g/mol. The molecule has 3 fully saturated rings. The van der Waals surface area contributed by atoms with Crippen LogP contribution in [0.4, 0.5) is 0 Å². The molecule has 4 rings (SSSR count). The van der Waals surface area contributed by atoms with E-state index < -0.39 is 0 Å². The SMILES string of the molecule is O=C([C@@H]1C[C@H](CN2CCCC2)CN(Cc2ccncc2)C1)N1CCCC1. The Labute approximate surface area is 157 Å². The lowest BCUT2D eigenvalue weighted by molar-refractivity contribution is -0.137. The molecule has 1 aromatic rings. The van der Waals surface area contributed by atoms with Gasteiger partial charge in [0.05, 0.1) is 5.92 Å². The van der Waals surface area contributed by atoms with E-state index in [-0.39, 0.29) is 5.92 Å². The van der Waals surface area contributed by atoms with E-state index in [1.165, 1.54) is 44.3 Å². The Morgan fingerprint density at radius 2 is 1.65 bits per heavy atom. The zero-order valence-corrected chi connectivity index (χ0v) is 15.9. The van der Waals surface area contributed by atoms with Crippen LogP contribution in [0, 0.1) is 11.8 Å². The number of hydrogen-bond acceptors (Lipinski definition) is 4. The fourth-order valence-electron chi connectivity index (χ4n) is 5.02. The summed E-state index contributed by atoms with van der Waals surface area (Å²) >= 11 is 0. The van der Waals surface area contributed by atoms with Crippen LogP contribution in [0.2, 0.25) is 0 Å². The minimum atomic E-state index is 0.177. The summed E-state index contributed by atoms with van der Waals surface area (Å²) in [6.07, 6.45) is 9.83. The molecule has 0 saturated carbocycles. The lowest BCUT2D eigenvalue weighted by Crippen LogP contribution is -2.48. The van der Waals surface area contributed by atoms with Crippen molar-refractivity contribution in [3.8, 4) is 0 Å². The second kappa shape index (κ2) is 8.49. The summed E-state index contributed by atoms with van der Waals surface area (Å²) in [4.78, 5) is 24.4. The summed E-state index contributed by atoms with van der Waals surface area (Å²) in [7, 11) is 0. The number of rotatable bonds is 5. The number of carbonyl (C=O) groups is 1. The summed E-state index contributed by atoms with van der Waals surface area (Å²) < 4.78 is 0. The van der Waals surface area contributed by atoms with Crippen LogP contribution in [0.15, 0.2) is 24.5 Å². The Balaban J connectivity index is 1.43. The van der Waals surface area contributed by atoms with Crippen LogP contribution in [0.1, 0.15) is 37.7 Å². The van der Waals surface area contributed by atoms with Gasteiger partial charge in [-0.2, -0.15) is 0 Å². The van der Waals surface area contributed by atoms with Crippen LogP contribution in [0.3, 0.4) is 0 Å². The van der Waals surface area contributed by atoms with E-state index in [9.17, 15) is 4.79 Å². The second-order valence-electron chi connectivity index (χ2n) is 8.39. The van der Waals surface area contributed by atoms with Gasteiger partial charge < -0.3 is 9.80 Å². The van der Waals surface area contributed by atoms with Gasteiger partial charge in [0.25, 0.3) is 0 Å². The highest BCUT2D eigenvalue weighted by molar-refractivity contribution is 5.79. The van der Waals surface area contributed by atoms with Crippen LogP contribution in [-0.4, -0.2) is 71.4 Å². The van der Waals surface area contributed by atoms with E-state index >= 15 is 0 Å². The highest BCUT2D eigenvalue weighted by atomic mass is 16.2. The molecule has 4 heterocycles. The molecule has 2 atom stereocenters. The number of piperidine rings is 1. The van der Waals surface area contributed by atoms with Gasteiger partial charge in [0, 0.05) is 51.7 Å². The molecule has 0 radical (unpaired) electrons. The van der Waals surface area contributed by atoms with Crippen LogP contribution >= 0.6 is 0 Å². The van der Waals surface area contributed by atoms with E-state index in [1.54, 1.807) is 0 Å². The maximum absolute atomic E-state index is 13.1. The van der Waals surface area contributed by atoms with Crippen molar-refractivity contribution in [1.29, 1.82) is 0 Å². The Hall–Kier alpha value is -1.46. The third kappa shape index (κ3) is 4.44. The topological polar surface area (TPSA) is 39.7 Å². The van der Waals surface area contributed by atoms with Crippen molar-refractivity contribution in [2.24, 2.45) is 11.8 Å². The van der Waals surface area contributed by atoms with E-state index in [0.29, 0.717) is 11.8 Å². The molecule has 0 spiro atoms. The number of aromatic nitrogens is 1. The minimum Gasteiger partial charge on any atom is -0.342 e. The van der Waals surface area contributed by atoms with Gasteiger partial charge >= 0.3 is 0 Å². The van der Waals surface area contributed by atoms with Gasteiger partial charge in [-0.25, -0.2) is 0 Å². The third-order valence-electron chi connectivity index (χ3n) is 6.25. The van der Waals surface area contributed by atoms with Crippen molar-refractivity contribution in [1.82, 2.24) is 19.7 Å². The van der Waals surface area contributed by atoms with Crippen LogP contribution < -0.4 is 0 Å².